The second-order valence-corrected chi connectivity index (χ2v) is 4.81. The first-order valence-electron chi connectivity index (χ1n) is 5.65. The maximum absolute atomic E-state index is 13.2. The van der Waals surface area contributed by atoms with Crippen LogP contribution < -0.4 is 0 Å². The van der Waals surface area contributed by atoms with Crippen molar-refractivity contribution in [1.82, 2.24) is 0 Å². The van der Waals surface area contributed by atoms with Crippen molar-refractivity contribution >= 4 is 11.6 Å². The van der Waals surface area contributed by atoms with Crippen molar-refractivity contribution in [2.75, 3.05) is 0 Å². The van der Waals surface area contributed by atoms with E-state index in [-0.39, 0.29) is 11.6 Å². The van der Waals surface area contributed by atoms with E-state index in [0.29, 0.717) is 5.56 Å². The first-order valence-corrected chi connectivity index (χ1v) is 6.09. The third kappa shape index (κ3) is 2.54. The summed E-state index contributed by atoms with van der Waals surface area (Å²) in [6.07, 6.45) is 0. The van der Waals surface area contributed by atoms with Crippen LogP contribution in [-0.4, -0.2) is 0 Å². The molecule has 94 valence electrons. The Balaban J connectivity index is 2.49. The van der Waals surface area contributed by atoms with Gasteiger partial charge < -0.3 is 0 Å². The van der Waals surface area contributed by atoms with Crippen LogP contribution in [0.4, 0.5) is 8.78 Å². The SMILES string of the molecule is Cc1cc(F)cc(C)c1C(Cl)c1cccc(F)c1. The molecule has 2 aromatic rings. The van der Waals surface area contributed by atoms with E-state index in [1.807, 2.05) is 0 Å². The summed E-state index contributed by atoms with van der Waals surface area (Å²) in [6.45, 7) is 3.61. The van der Waals surface area contributed by atoms with Crippen molar-refractivity contribution in [3.63, 3.8) is 0 Å². The van der Waals surface area contributed by atoms with Crippen LogP contribution in [0.1, 0.15) is 27.6 Å². The van der Waals surface area contributed by atoms with Crippen LogP contribution in [0.15, 0.2) is 36.4 Å². The third-order valence-corrected chi connectivity index (χ3v) is 3.42. The first-order chi connectivity index (χ1) is 8.49. The van der Waals surface area contributed by atoms with Crippen LogP contribution in [0.2, 0.25) is 0 Å². The lowest BCUT2D eigenvalue weighted by atomic mass is 9.95. The molecule has 0 aliphatic carbocycles. The third-order valence-electron chi connectivity index (χ3n) is 2.95. The number of hydrogen-bond acceptors (Lipinski definition) is 0. The second-order valence-electron chi connectivity index (χ2n) is 4.37. The predicted octanol–water partition coefficient (Wildman–Crippen LogP) is 4.91. The Morgan fingerprint density at radius 3 is 2.11 bits per heavy atom. The molecule has 0 aromatic heterocycles. The fourth-order valence-corrected chi connectivity index (χ4v) is 2.63. The summed E-state index contributed by atoms with van der Waals surface area (Å²) in [5.41, 5.74) is 3.06. The Labute approximate surface area is 110 Å². The number of hydrogen-bond donors (Lipinski definition) is 0. The Morgan fingerprint density at radius 1 is 0.944 bits per heavy atom. The zero-order chi connectivity index (χ0) is 13.3. The molecule has 0 nitrogen and oxygen atoms in total. The van der Waals surface area contributed by atoms with Crippen molar-refractivity contribution in [3.8, 4) is 0 Å². The molecule has 0 aliphatic rings. The normalized spacial score (nSPS) is 12.5. The molecule has 1 atom stereocenters. The molecule has 0 saturated heterocycles. The molecule has 0 amide bonds. The van der Waals surface area contributed by atoms with Crippen LogP contribution in [0.3, 0.4) is 0 Å². The summed E-state index contributed by atoms with van der Waals surface area (Å²) in [7, 11) is 0. The fourth-order valence-electron chi connectivity index (χ4n) is 2.15. The number of benzene rings is 2. The molecule has 2 rings (SSSR count). The fraction of sp³-hybridized carbons (Fsp3) is 0.200. The number of alkyl halides is 1. The molecule has 2 aromatic carbocycles. The first kappa shape index (κ1) is 13.0. The van der Waals surface area contributed by atoms with Gasteiger partial charge in [-0.25, -0.2) is 8.78 Å². The van der Waals surface area contributed by atoms with E-state index in [1.165, 1.54) is 24.3 Å². The van der Waals surface area contributed by atoms with Crippen molar-refractivity contribution in [3.05, 3.63) is 70.3 Å². The van der Waals surface area contributed by atoms with Gasteiger partial charge in [0.15, 0.2) is 0 Å². The lowest BCUT2D eigenvalue weighted by Gasteiger charge is -2.16. The highest BCUT2D eigenvalue weighted by molar-refractivity contribution is 6.22. The minimum Gasteiger partial charge on any atom is -0.207 e. The van der Waals surface area contributed by atoms with Gasteiger partial charge in [0.25, 0.3) is 0 Å². The standard InChI is InChI=1S/C15H13ClF2/c1-9-6-13(18)7-10(2)14(9)15(16)11-4-3-5-12(17)8-11/h3-8,15H,1-2H3. The van der Waals surface area contributed by atoms with E-state index in [2.05, 4.69) is 0 Å². The van der Waals surface area contributed by atoms with Crippen LogP contribution in [0, 0.1) is 25.5 Å². The molecule has 0 aliphatic heterocycles. The average Bonchev–Trinajstić information content (AvgIpc) is 2.27. The van der Waals surface area contributed by atoms with Crippen LogP contribution >= 0.6 is 11.6 Å². The number of rotatable bonds is 2. The molecular weight excluding hydrogens is 254 g/mol. The molecule has 0 fully saturated rings. The summed E-state index contributed by atoms with van der Waals surface area (Å²) in [5, 5.41) is -0.471. The van der Waals surface area contributed by atoms with Crippen LogP contribution in [-0.2, 0) is 0 Å². The summed E-state index contributed by atoms with van der Waals surface area (Å²) < 4.78 is 26.4. The summed E-state index contributed by atoms with van der Waals surface area (Å²) >= 11 is 6.38. The molecule has 0 heterocycles. The highest BCUT2D eigenvalue weighted by Crippen LogP contribution is 2.33. The van der Waals surface area contributed by atoms with Gasteiger partial charge in [0.1, 0.15) is 11.6 Å². The van der Waals surface area contributed by atoms with E-state index in [9.17, 15) is 8.78 Å². The Hall–Kier alpha value is -1.41. The number of halogens is 3. The van der Waals surface area contributed by atoms with Gasteiger partial charge in [-0.3, -0.25) is 0 Å². The molecule has 0 radical (unpaired) electrons. The zero-order valence-corrected chi connectivity index (χ0v) is 10.9. The van der Waals surface area contributed by atoms with E-state index in [1.54, 1.807) is 26.0 Å². The van der Waals surface area contributed by atoms with Gasteiger partial charge in [-0.05, 0) is 60.4 Å². The van der Waals surface area contributed by atoms with Gasteiger partial charge >= 0.3 is 0 Å². The summed E-state index contributed by atoms with van der Waals surface area (Å²) in [5.74, 6) is -0.604. The van der Waals surface area contributed by atoms with Crippen molar-refractivity contribution in [2.45, 2.75) is 19.2 Å². The maximum atomic E-state index is 13.2. The molecule has 3 heteroatoms. The van der Waals surface area contributed by atoms with E-state index < -0.39 is 5.38 Å². The highest BCUT2D eigenvalue weighted by atomic mass is 35.5. The lowest BCUT2D eigenvalue weighted by Crippen LogP contribution is -2.01. The minimum absolute atomic E-state index is 0.281. The van der Waals surface area contributed by atoms with Crippen molar-refractivity contribution in [1.29, 1.82) is 0 Å². The van der Waals surface area contributed by atoms with E-state index in [0.717, 1.165) is 16.7 Å². The van der Waals surface area contributed by atoms with E-state index >= 15 is 0 Å². The zero-order valence-electron chi connectivity index (χ0n) is 10.2. The Morgan fingerprint density at radius 2 is 1.56 bits per heavy atom. The van der Waals surface area contributed by atoms with Crippen LogP contribution in [0.5, 0.6) is 0 Å². The van der Waals surface area contributed by atoms with Gasteiger partial charge in [-0.2, -0.15) is 0 Å². The van der Waals surface area contributed by atoms with Crippen molar-refractivity contribution in [2.24, 2.45) is 0 Å². The van der Waals surface area contributed by atoms with Gasteiger partial charge in [-0.1, -0.05) is 12.1 Å². The van der Waals surface area contributed by atoms with Gasteiger partial charge in [-0.15, -0.1) is 11.6 Å². The Bertz CT molecular complexity index is 555. The van der Waals surface area contributed by atoms with Gasteiger partial charge in [0.2, 0.25) is 0 Å². The van der Waals surface area contributed by atoms with Gasteiger partial charge in [0.05, 0.1) is 5.38 Å². The number of aryl methyl sites for hydroxylation is 2. The molecule has 1 unspecified atom stereocenters. The second kappa shape index (κ2) is 5.07. The highest BCUT2D eigenvalue weighted by Gasteiger charge is 2.17. The molecule has 0 saturated carbocycles. The van der Waals surface area contributed by atoms with E-state index in [4.69, 9.17) is 11.6 Å². The Kier molecular flexibility index (Phi) is 3.67. The quantitative estimate of drug-likeness (QED) is 0.678. The molecular formula is C15H13ClF2. The summed E-state index contributed by atoms with van der Waals surface area (Å²) in [6, 6.07) is 9.04. The molecule has 0 spiro atoms. The molecule has 0 N–H and O–H groups in total. The largest absolute Gasteiger partial charge is 0.207 e. The molecule has 18 heavy (non-hydrogen) atoms. The summed E-state index contributed by atoms with van der Waals surface area (Å²) in [4.78, 5) is 0. The van der Waals surface area contributed by atoms with Crippen LogP contribution in [0.25, 0.3) is 0 Å². The molecule has 0 bridgehead atoms. The van der Waals surface area contributed by atoms with Crippen molar-refractivity contribution < 1.29 is 8.78 Å². The van der Waals surface area contributed by atoms with Gasteiger partial charge in [0, 0.05) is 0 Å². The monoisotopic (exact) mass is 266 g/mol. The minimum atomic E-state index is -0.471. The average molecular weight is 267 g/mol. The topological polar surface area (TPSA) is 0 Å². The lowest BCUT2D eigenvalue weighted by molar-refractivity contribution is 0.622. The predicted molar refractivity (Wildman–Crippen MR) is 70.0 cm³/mol. The smallest absolute Gasteiger partial charge is 0.123 e. The maximum Gasteiger partial charge on any atom is 0.123 e.